The Morgan fingerprint density at radius 2 is 2.18 bits per heavy atom. The molecule has 0 radical (unpaired) electrons. The molecule has 0 saturated heterocycles. The minimum atomic E-state index is 0.477. The highest BCUT2D eigenvalue weighted by molar-refractivity contribution is 5.44. The van der Waals surface area contributed by atoms with Crippen molar-refractivity contribution in [3.63, 3.8) is 0 Å². The van der Waals surface area contributed by atoms with Crippen LogP contribution < -0.4 is 0 Å². The van der Waals surface area contributed by atoms with Crippen LogP contribution in [0.1, 0.15) is 44.4 Å². The van der Waals surface area contributed by atoms with Gasteiger partial charge in [0, 0.05) is 12.6 Å². The molecule has 2 heteroatoms. The van der Waals surface area contributed by atoms with Crippen molar-refractivity contribution in [1.29, 1.82) is 0 Å². The molecule has 1 atom stereocenters. The third kappa shape index (κ3) is 2.47. The van der Waals surface area contributed by atoms with E-state index in [1.807, 2.05) is 6.07 Å². The van der Waals surface area contributed by atoms with Gasteiger partial charge in [0.15, 0.2) is 0 Å². The fourth-order valence-corrected chi connectivity index (χ4v) is 2.94. The van der Waals surface area contributed by atoms with Crippen LogP contribution in [-0.2, 0) is 6.42 Å². The minimum absolute atomic E-state index is 0.477. The number of benzene rings is 1. The van der Waals surface area contributed by atoms with E-state index in [4.69, 9.17) is 0 Å². The average molecular weight is 233 g/mol. The highest BCUT2D eigenvalue weighted by atomic mass is 16.3. The summed E-state index contributed by atoms with van der Waals surface area (Å²) < 4.78 is 0. The van der Waals surface area contributed by atoms with Crippen molar-refractivity contribution in [2.45, 2.75) is 39.7 Å². The third-order valence-electron chi connectivity index (χ3n) is 3.66. The predicted octanol–water partition coefficient (Wildman–Crippen LogP) is 3.36. The van der Waals surface area contributed by atoms with Gasteiger partial charge in [-0.3, -0.25) is 4.90 Å². The highest BCUT2D eigenvalue weighted by Gasteiger charge is 2.28. The molecule has 0 bridgehead atoms. The van der Waals surface area contributed by atoms with Gasteiger partial charge in [0.1, 0.15) is 5.75 Å². The van der Waals surface area contributed by atoms with Crippen LogP contribution in [0.3, 0.4) is 0 Å². The Morgan fingerprint density at radius 3 is 2.82 bits per heavy atom. The summed E-state index contributed by atoms with van der Waals surface area (Å²) in [6.07, 6.45) is 2.16. The van der Waals surface area contributed by atoms with E-state index in [9.17, 15) is 5.11 Å². The molecule has 2 rings (SSSR count). The summed E-state index contributed by atoms with van der Waals surface area (Å²) in [4.78, 5) is 2.54. The smallest absolute Gasteiger partial charge is 0.119 e. The van der Waals surface area contributed by atoms with Crippen LogP contribution in [0.15, 0.2) is 18.2 Å². The fraction of sp³-hybridized carbons (Fsp3) is 0.600. The Hall–Kier alpha value is -1.02. The molecular weight excluding hydrogens is 210 g/mol. The van der Waals surface area contributed by atoms with Gasteiger partial charge in [-0.15, -0.1) is 0 Å². The maximum atomic E-state index is 9.87. The summed E-state index contributed by atoms with van der Waals surface area (Å²) in [7, 11) is 0. The zero-order valence-electron chi connectivity index (χ0n) is 11.1. The van der Waals surface area contributed by atoms with Crippen molar-refractivity contribution in [2.24, 2.45) is 5.92 Å². The number of hydrogen-bond donors (Lipinski definition) is 1. The van der Waals surface area contributed by atoms with Gasteiger partial charge in [0.25, 0.3) is 0 Å². The van der Waals surface area contributed by atoms with Gasteiger partial charge in [-0.25, -0.2) is 0 Å². The standard InChI is InChI=1S/C15H23NO/c1-4-16(10-11(2)3)14-9-8-13-12(14)6-5-7-15(13)17/h5-7,11,14,17H,4,8-10H2,1-3H3. The second-order valence-corrected chi connectivity index (χ2v) is 5.38. The SMILES string of the molecule is CCN(CC(C)C)C1CCc2c(O)cccc21. The Labute approximate surface area is 104 Å². The minimum Gasteiger partial charge on any atom is -0.508 e. The second-order valence-electron chi connectivity index (χ2n) is 5.38. The van der Waals surface area contributed by atoms with Crippen LogP contribution in [0, 0.1) is 5.92 Å². The highest BCUT2D eigenvalue weighted by Crippen LogP contribution is 2.39. The summed E-state index contributed by atoms with van der Waals surface area (Å²) in [5.41, 5.74) is 2.51. The van der Waals surface area contributed by atoms with Crippen molar-refractivity contribution in [1.82, 2.24) is 4.90 Å². The third-order valence-corrected chi connectivity index (χ3v) is 3.66. The lowest BCUT2D eigenvalue weighted by molar-refractivity contribution is 0.184. The first-order valence-corrected chi connectivity index (χ1v) is 6.68. The van der Waals surface area contributed by atoms with Crippen LogP contribution in [0.5, 0.6) is 5.75 Å². The first-order valence-electron chi connectivity index (χ1n) is 6.68. The summed E-state index contributed by atoms with van der Waals surface area (Å²) in [6, 6.07) is 6.45. The number of nitrogens with zero attached hydrogens (tertiary/aromatic N) is 1. The molecule has 1 N–H and O–H groups in total. The van der Waals surface area contributed by atoms with Gasteiger partial charge in [0.05, 0.1) is 0 Å². The van der Waals surface area contributed by atoms with Crippen LogP contribution in [-0.4, -0.2) is 23.1 Å². The fourth-order valence-electron chi connectivity index (χ4n) is 2.94. The lowest BCUT2D eigenvalue weighted by Crippen LogP contribution is -2.30. The van der Waals surface area contributed by atoms with Crippen molar-refractivity contribution < 1.29 is 5.11 Å². The van der Waals surface area contributed by atoms with Crippen molar-refractivity contribution in [3.8, 4) is 5.75 Å². The monoisotopic (exact) mass is 233 g/mol. The van der Waals surface area contributed by atoms with Crippen LogP contribution in [0.2, 0.25) is 0 Å². The molecular formula is C15H23NO. The van der Waals surface area contributed by atoms with E-state index in [1.54, 1.807) is 6.07 Å². The number of hydrogen-bond acceptors (Lipinski definition) is 2. The van der Waals surface area contributed by atoms with E-state index in [2.05, 4.69) is 31.7 Å². The van der Waals surface area contributed by atoms with Crippen molar-refractivity contribution in [2.75, 3.05) is 13.1 Å². The van der Waals surface area contributed by atoms with E-state index >= 15 is 0 Å². The van der Waals surface area contributed by atoms with Gasteiger partial charge in [-0.05, 0) is 42.5 Å². The molecule has 17 heavy (non-hydrogen) atoms. The van der Waals surface area contributed by atoms with Crippen LogP contribution in [0.4, 0.5) is 0 Å². The summed E-state index contributed by atoms with van der Waals surface area (Å²) in [6.45, 7) is 8.97. The van der Waals surface area contributed by atoms with E-state index in [0.717, 1.165) is 25.9 Å². The van der Waals surface area contributed by atoms with Gasteiger partial charge >= 0.3 is 0 Å². The topological polar surface area (TPSA) is 23.5 Å². The zero-order valence-corrected chi connectivity index (χ0v) is 11.1. The molecule has 2 nitrogen and oxygen atoms in total. The van der Waals surface area contributed by atoms with E-state index < -0.39 is 0 Å². The largest absolute Gasteiger partial charge is 0.508 e. The number of aromatic hydroxyl groups is 1. The molecule has 1 aliphatic rings. The Balaban J connectivity index is 2.23. The molecule has 0 amide bonds. The van der Waals surface area contributed by atoms with Crippen LogP contribution in [0.25, 0.3) is 0 Å². The molecule has 0 aliphatic heterocycles. The summed E-state index contributed by atoms with van der Waals surface area (Å²) >= 11 is 0. The number of rotatable bonds is 4. The van der Waals surface area contributed by atoms with Crippen molar-refractivity contribution in [3.05, 3.63) is 29.3 Å². The van der Waals surface area contributed by atoms with E-state index in [-0.39, 0.29) is 0 Å². The first kappa shape index (κ1) is 12.4. The molecule has 1 aromatic carbocycles. The zero-order chi connectivity index (χ0) is 12.4. The summed E-state index contributed by atoms with van der Waals surface area (Å²) in [5, 5.41) is 9.87. The normalized spacial score (nSPS) is 19.0. The van der Waals surface area contributed by atoms with Crippen molar-refractivity contribution >= 4 is 0 Å². The van der Waals surface area contributed by atoms with Gasteiger partial charge in [0.2, 0.25) is 0 Å². The molecule has 0 saturated carbocycles. The molecule has 1 aromatic rings. The van der Waals surface area contributed by atoms with Crippen LogP contribution >= 0.6 is 0 Å². The summed E-state index contributed by atoms with van der Waals surface area (Å²) in [5.74, 6) is 1.17. The Kier molecular flexibility index (Phi) is 3.72. The second kappa shape index (κ2) is 5.09. The predicted molar refractivity (Wildman–Crippen MR) is 71.3 cm³/mol. The van der Waals surface area contributed by atoms with Gasteiger partial charge in [-0.2, -0.15) is 0 Å². The molecule has 1 aliphatic carbocycles. The Morgan fingerprint density at radius 1 is 1.41 bits per heavy atom. The number of fused-ring (bicyclic) bond motifs is 1. The van der Waals surface area contributed by atoms with E-state index in [0.29, 0.717) is 17.7 Å². The Bertz CT molecular complexity index is 387. The lowest BCUT2D eigenvalue weighted by atomic mass is 10.0. The maximum Gasteiger partial charge on any atom is 0.119 e. The first-order chi connectivity index (χ1) is 8.13. The van der Waals surface area contributed by atoms with E-state index in [1.165, 1.54) is 11.1 Å². The van der Waals surface area contributed by atoms with Gasteiger partial charge < -0.3 is 5.11 Å². The van der Waals surface area contributed by atoms with Gasteiger partial charge in [-0.1, -0.05) is 32.9 Å². The molecule has 0 fully saturated rings. The number of phenols is 1. The lowest BCUT2D eigenvalue weighted by Gasteiger charge is -2.29. The quantitative estimate of drug-likeness (QED) is 0.862. The molecule has 94 valence electrons. The number of phenolic OH excluding ortho intramolecular Hbond substituents is 1. The molecule has 1 unspecified atom stereocenters. The molecule has 0 spiro atoms. The maximum absolute atomic E-state index is 9.87. The average Bonchev–Trinajstić information content (AvgIpc) is 2.71. The molecule has 0 heterocycles. The molecule has 0 aromatic heterocycles.